The standard InChI is InChI=1S/C8H16N.C2H6.Y/c1-6-3-7(2)5-8(9)4-6;1-2;/h4,6-8H,3,5,9H2,1-2H3;1-2H3;/q-1;;/t6-,7-,8-;;/m0../s1. The first-order valence-electron chi connectivity index (χ1n) is 4.79. The monoisotopic (exact) mass is 245 g/mol. The van der Waals surface area contributed by atoms with E-state index in [0.29, 0.717) is 6.04 Å². The minimum Gasteiger partial charge on any atom is -0.357 e. The largest absolute Gasteiger partial charge is 0.357 e. The van der Waals surface area contributed by atoms with Crippen molar-refractivity contribution >= 4 is 0 Å². The van der Waals surface area contributed by atoms with E-state index >= 15 is 0 Å². The molecule has 0 heterocycles. The Bertz CT molecular complexity index is 70.8. The Balaban J connectivity index is 0. The molecule has 2 N–H and O–H groups in total. The SMILES string of the molecule is CC.C[C@H]1C[C@H](C)[CH-][C@H](N)C1.[Y]. The van der Waals surface area contributed by atoms with Crippen molar-refractivity contribution in [3.8, 4) is 0 Å². The van der Waals surface area contributed by atoms with E-state index in [1.807, 2.05) is 13.8 Å². The fourth-order valence-electron chi connectivity index (χ4n) is 1.77. The molecule has 0 spiro atoms. The first-order chi connectivity index (χ1) is 5.18. The maximum atomic E-state index is 5.76. The molecule has 0 bridgehead atoms. The summed E-state index contributed by atoms with van der Waals surface area (Å²) < 4.78 is 0. The number of nitrogens with two attached hydrogens (primary N) is 1. The van der Waals surface area contributed by atoms with Crippen LogP contribution in [0.25, 0.3) is 0 Å². The molecule has 2 heteroatoms. The van der Waals surface area contributed by atoms with Crippen LogP contribution in [0.1, 0.15) is 40.5 Å². The number of rotatable bonds is 0. The van der Waals surface area contributed by atoms with Crippen LogP contribution >= 0.6 is 0 Å². The second-order valence-corrected chi connectivity index (χ2v) is 3.41. The van der Waals surface area contributed by atoms with Crippen molar-refractivity contribution in [3.05, 3.63) is 6.42 Å². The van der Waals surface area contributed by atoms with E-state index in [2.05, 4.69) is 20.3 Å². The van der Waals surface area contributed by atoms with Gasteiger partial charge in [0, 0.05) is 32.7 Å². The third-order valence-corrected chi connectivity index (χ3v) is 2.02. The molecule has 0 aromatic heterocycles. The molecule has 1 saturated carbocycles. The Morgan fingerprint density at radius 2 is 1.67 bits per heavy atom. The zero-order valence-electron chi connectivity index (χ0n) is 8.88. The molecule has 1 nitrogen and oxygen atoms in total. The minimum atomic E-state index is 0. The molecule has 3 atom stereocenters. The maximum Gasteiger partial charge on any atom is 0 e. The normalized spacial score (nSPS) is 34.2. The van der Waals surface area contributed by atoms with Crippen molar-refractivity contribution in [1.29, 1.82) is 0 Å². The summed E-state index contributed by atoms with van der Waals surface area (Å²) in [6.07, 6.45) is 4.78. The Kier molecular flexibility index (Phi) is 11.2. The van der Waals surface area contributed by atoms with Gasteiger partial charge in [0.05, 0.1) is 0 Å². The van der Waals surface area contributed by atoms with Gasteiger partial charge in [-0.1, -0.05) is 40.5 Å². The summed E-state index contributed by atoms with van der Waals surface area (Å²) in [7, 11) is 0. The molecule has 1 rings (SSSR count). The molecule has 1 aliphatic carbocycles. The van der Waals surface area contributed by atoms with Gasteiger partial charge in [0.15, 0.2) is 0 Å². The molecule has 1 fully saturated rings. The predicted octanol–water partition coefficient (Wildman–Crippen LogP) is 2.61. The van der Waals surface area contributed by atoms with Crippen LogP contribution in [-0.2, 0) is 32.7 Å². The summed E-state index contributed by atoms with van der Waals surface area (Å²) in [5, 5.41) is 0. The summed E-state index contributed by atoms with van der Waals surface area (Å²) in [5.74, 6) is 1.57. The minimum absolute atomic E-state index is 0. The Morgan fingerprint density at radius 1 is 1.17 bits per heavy atom. The van der Waals surface area contributed by atoms with Gasteiger partial charge in [0.2, 0.25) is 0 Å². The van der Waals surface area contributed by atoms with Crippen LogP contribution < -0.4 is 5.73 Å². The van der Waals surface area contributed by atoms with Gasteiger partial charge < -0.3 is 12.2 Å². The van der Waals surface area contributed by atoms with Crippen LogP contribution in [0, 0.1) is 18.3 Å². The molecule has 1 aliphatic rings. The van der Waals surface area contributed by atoms with Crippen molar-refractivity contribution in [2.75, 3.05) is 0 Å². The fourth-order valence-corrected chi connectivity index (χ4v) is 1.77. The third kappa shape index (κ3) is 6.57. The molecule has 0 aliphatic heterocycles. The van der Waals surface area contributed by atoms with E-state index in [9.17, 15) is 0 Å². The summed E-state index contributed by atoms with van der Waals surface area (Å²) in [6.45, 7) is 8.53. The Labute approximate surface area is 103 Å². The van der Waals surface area contributed by atoms with Crippen LogP contribution in [0.3, 0.4) is 0 Å². The van der Waals surface area contributed by atoms with Gasteiger partial charge in [-0.15, -0.1) is 6.04 Å². The van der Waals surface area contributed by atoms with Crippen molar-refractivity contribution in [1.82, 2.24) is 0 Å². The summed E-state index contributed by atoms with van der Waals surface area (Å²) in [5.41, 5.74) is 5.76. The smallest absolute Gasteiger partial charge is 0 e. The third-order valence-electron chi connectivity index (χ3n) is 2.02. The van der Waals surface area contributed by atoms with E-state index < -0.39 is 0 Å². The molecule has 0 unspecified atom stereocenters. The first kappa shape index (κ1) is 15.5. The van der Waals surface area contributed by atoms with Gasteiger partial charge in [0.1, 0.15) is 0 Å². The van der Waals surface area contributed by atoms with Crippen LogP contribution in [0.5, 0.6) is 0 Å². The van der Waals surface area contributed by atoms with E-state index in [1.165, 1.54) is 12.8 Å². The van der Waals surface area contributed by atoms with E-state index in [1.54, 1.807) is 0 Å². The second kappa shape index (κ2) is 8.65. The van der Waals surface area contributed by atoms with Crippen molar-refractivity contribution < 1.29 is 32.7 Å². The van der Waals surface area contributed by atoms with Gasteiger partial charge >= 0.3 is 0 Å². The average Bonchev–Trinajstić information content (AvgIpc) is 1.88. The van der Waals surface area contributed by atoms with E-state index in [0.717, 1.165) is 11.8 Å². The summed E-state index contributed by atoms with van der Waals surface area (Å²) in [6, 6.07) is 0.365. The molecule has 12 heavy (non-hydrogen) atoms. The molecule has 0 aromatic rings. The van der Waals surface area contributed by atoms with Gasteiger partial charge in [-0.3, -0.25) is 0 Å². The number of hydrogen-bond acceptors (Lipinski definition) is 1. The molecule has 0 amide bonds. The van der Waals surface area contributed by atoms with Gasteiger partial charge in [-0.25, -0.2) is 0 Å². The Morgan fingerprint density at radius 3 is 2.00 bits per heavy atom. The van der Waals surface area contributed by atoms with Crippen LogP contribution in [-0.4, -0.2) is 6.04 Å². The van der Waals surface area contributed by atoms with Gasteiger partial charge in [-0.05, 0) is 5.92 Å². The molecular weight excluding hydrogens is 223 g/mol. The van der Waals surface area contributed by atoms with Crippen molar-refractivity contribution in [2.45, 2.75) is 46.6 Å². The van der Waals surface area contributed by atoms with Gasteiger partial charge in [0.25, 0.3) is 0 Å². The van der Waals surface area contributed by atoms with Gasteiger partial charge in [-0.2, -0.15) is 5.92 Å². The second-order valence-electron chi connectivity index (χ2n) is 3.41. The molecule has 0 saturated heterocycles. The van der Waals surface area contributed by atoms with E-state index in [4.69, 9.17) is 5.73 Å². The summed E-state index contributed by atoms with van der Waals surface area (Å²) >= 11 is 0. The Hall–Kier alpha value is 1.06. The quantitative estimate of drug-likeness (QED) is 0.652. The van der Waals surface area contributed by atoms with Crippen LogP contribution in [0.2, 0.25) is 0 Å². The first-order valence-corrected chi connectivity index (χ1v) is 4.79. The maximum absolute atomic E-state index is 5.76. The average molecular weight is 245 g/mol. The molecule has 0 aromatic carbocycles. The van der Waals surface area contributed by atoms with Crippen molar-refractivity contribution in [3.63, 3.8) is 0 Å². The molecule has 1 radical (unpaired) electrons. The van der Waals surface area contributed by atoms with Crippen molar-refractivity contribution in [2.24, 2.45) is 17.6 Å². The molecular formula is C10H22NY-. The zero-order chi connectivity index (χ0) is 8.85. The molecule has 71 valence electrons. The topological polar surface area (TPSA) is 26.0 Å². The van der Waals surface area contributed by atoms with Crippen LogP contribution in [0.15, 0.2) is 0 Å². The zero-order valence-corrected chi connectivity index (χ0v) is 11.7. The van der Waals surface area contributed by atoms with E-state index in [-0.39, 0.29) is 32.7 Å². The predicted molar refractivity (Wildman–Crippen MR) is 51.2 cm³/mol. The fraction of sp³-hybridized carbons (Fsp3) is 0.900. The summed E-state index contributed by atoms with van der Waals surface area (Å²) in [4.78, 5) is 0. The number of hydrogen-bond donors (Lipinski definition) is 1. The van der Waals surface area contributed by atoms with Crippen LogP contribution in [0.4, 0.5) is 0 Å².